The number of aryl methyl sites for hydroxylation is 2. The second kappa shape index (κ2) is 12.8. The smallest absolute Gasteiger partial charge is 0.387 e. The molecule has 2 aromatic rings. The molecule has 162 valence electrons. The molecule has 2 rings (SSSR count). The van der Waals surface area contributed by atoms with Crippen molar-refractivity contribution in [3.05, 3.63) is 39.3 Å². The van der Waals surface area contributed by atoms with E-state index in [0.29, 0.717) is 25.7 Å². The normalized spacial score (nSPS) is 11.2. The Morgan fingerprint density at radius 2 is 1.97 bits per heavy atom. The van der Waals surface area contributed by atoms with E-state index in [0.717, 1.165) is 27.7 Å². The first-order chi connectivity index (χ1) is 13.4. The van der Waals surface area contributed by atoms with Crippen molar-refractivity contribution in [2.24, 2.45) is 4.99 Å². The Hall–Kier alpha value is -1.69. The molecule has 6 nitrogen and oxygen atoms in total. The highest BCUT2D eigenvalue weighted by Gasteiger charge is 2.12. The van der Waals surface area contributed by atoms with Crippen molar-refractivity contribution in [2.45, 2.75) is 47.4 Å². The lowest BCUT2D eigenvalue weighted by Crippen LogP contribution is -2.36. The Bertz CT molecular complexity index is 803. The first kappa shape index (κ1) is 25.3. The molecule has 0 saturated heterocycles. The van der Waals surface area contributed by atoms with E-state index in [4.69, 9.17) is 4.74 Å². The summed E-state index contributed by atoms with van der Waals surface area (Å²) in [4.78, 5) is 10.1. The maximum atomic E-state index is 12.5. The molecule has 1 heterocycles. The van der Waals surface area contributed by atoms with Crippen LogP contribution in [-0.2, 0) is 13.1 Å². The second-order valence-electron chi connectivity index (χ2n) is 5.88. The lowest BCUT2D eigenvalue weighted by Gasteiger charge is -2.13. The summed E-state index contributed by atoms with van der Waals surface area (Å²) in [5.74, 6) is 0.966. The minimum Gasteiger partial charge on any atom is -0.490 e. The Labute approximate surface area is 191 Å². The molecule has 0 aliphatic rings. The van der Waals surface area contributed by atoms with Crippen LogP contribution in [-0.4, -0.2) is 30.7 Å². The predicted molar refractivity (Wildman–Crippen MR) is 123 cm³/mol. The van der Waals surface area contributed by atoms with Gasteiger partial charge >= 0.3 is 6.61 Å². The van der Waals surface area contributed by atoms with Crippen LogP contribution in [0.4, 0.5) is 8.78 Å². The fourth-order valence-corrected chi connectivity index (χ4v) is 3.40. The molecule has 0 unspecified atom stereocenters. The molecule has 0 bridgehead atoms. The number of rotatable bonds is 9. The minimum absolute atomic E-state index is 0. The lowest BCUT2D eigenvalue weighted by molar-refractivity contribution is -0.0514. The maximum Gasteiger partial charge on any atom is 0.387 e. The molecule has 0 radical (unpaired) electrons. The van der Waals surface area contributed by atoms with Crippen LogP contribution in [0.1, 0.15) is 35.0 Å². The van der Waals surface area contributed by atoms with Crippen LogP contribution in [0.25, 0.3) is 0 Å². The van der Waals surface area contributed by atoms with Gasteiger partial charge in [0.2, 0.25) is 0 Å². The summed E-state index contributed by atoms with van der Waals surface area (Å²) in [6.45, 7) is 6.92. The average Bonchev–Trinajstić information content (AvgIpc) is 2.96. The third kappa shape index (κ3) is 8.29. The quantitative estimate of drug-likeness (QED) is 0.276. The number of hydrogen-bond donors (Lipinski definition) is 2. The van der Waals surface area contributed by atoms with Crippen LogP contribution in [0.2, 0.25) is 0 Å². The molecule has 0 amide bonds. The molecular weight excluding hydrogens is 513 g/mol. The fourth-order valence-electron chi connectivity index (χ4n) is 2.53. The number of guanidine groups is 1. The van der Waals surface area contributed by atoms with E-state index >= 15 is 0 Å². The summed E-state index contributed by atoms with van der Waals surface area (Å²) < 4.78 is 34.9. The van der Waals surface area contributed by atoms with E-state index in [9.17, 15) is 8.78 Å². The first-order valence-corrected chi connectivity index (χ1v) is 9.90. The SMILES string of the molecule is CCNC(=NCc1ccc(OC(F)F)c(OCC)c1)NCc1sc(C)nc1C.I. The number of benzene rings is 1. The van der Waals surface area contributed by atoms with Crippen molar-refractivity contribution >= 4 is 41.3 Å². The zero-order valence-corrected chi connectivity index (χ0v) is 20.1. The van der Waals surface area contributed by atoms with E-state index in [1.807, 2.05) is 20.8 Å². The molecule has 0 atom stereocenters. The van der Waals surface area contributed by atoms with E-state index in [1.165, 1.54) is 6.07 Å². The number of halogens is 3. The van der Waals surface area contributed by atoms with Gasteiger partial charge in [0.05, 0.1) is 30.4 Å². The lowest BCUT2D eigenvalue weighted by atomic mass is 10.2. The third-order valence-corrected chi connectivity index (χ3v) is 4.78. The Morgan fingerprint density at radius 1 is 1.21 bits per heavy atom. The van der Waals surface area contributed by atoms with Crippen LogP contribution in [0.15, 0.2) is 23.2 Å². The van der Waals surface area contributed by atoms with Gasteiger partial charge in [-0.2, -0.15) is 8.78 Å². The van der Waals surface area contributed by atoms with Crippen molar-refractivity contribution < 1.29 is 18.3 Å². The van der Waals surface area contributed by atoms with Gasteiger partial charge < -0.3 is 20.1 Å². The topological polar surface area (TPSA) is 67.8 Å². The molecule has 0 saturated carbocycles. The van der Waals surface area contributed by atoms with Crippen molar-refractivity contribution in [1.82, 2.24) is 15.6 Å². The van der Waals surface area contributed by atoms with Crippen molar-refractivity contribution in [3.63, 3.8) is 0 Å². The van der Waals surface area contributed by atoms with Gasteiger partial charge in [-0.15, -0.1) is 35.3 Å². The Morgan fingerprint density at radius 3 is 2.55 bits per heavy atom. The standard InChI is InChI=1S/C19H26F2N4O2S.HI/c1-5-22-19(24-11-17-12(3)25-13(4)28-17)23-10-14-7-8-15(27-18(20)21)16(9-14)26-6-2;/h7-9,18H,5-6,10-11H2,1-4H3,(H2,22,23,24);1H. The molecule has 10 heteroatoms. The van der Waals surface area contributed by atoms with Crippen LogP contribution in [0, 0.1) is 13.8 Å². The summed E-state index contributed by atoms with van der Waals surface area (Å²) in [6, 6.07) is 4.85. The summed E-state index contributed by atoms with van der Waals surface area (Å²) >= 11 is 1.65. The van der Waals surface area contributed by atoms with E-state index in [2.05, 4.69) is 25.3 Å². The number of hydrogen-bond acceptors (Lipinski definition) is 5. The van der Waals surface area contributed by atoms with Crippen LogP contribution < -0.4 is 20.1 Å². The number of nitrogens with zero attached hydrogens (tertiary/aromatic N) is 2. The van der Waals surface area contributed by atoms with Gasteiger partial charge in [0.1, 0.15) is 0 Å². The molecule has 2 N–H and O–H groups in total. The second-order valence-corrected chi connectivity index (χ2v) is 7.17. The molecule has 0 aliphatic heterocycles. The summed E-state index contributed by atoms with van der Waals surface area (Å²) in [6.07, 6.45) is 0. The number of thiazole rings is 1. The summed E-state index contributed by atoms with van der Waals surface area (Å²) in [5, 5.41) is 7.52. The molecule has 1 aromatic carbocycles. The van der Waals surface area contributed by atoms with Gasteiger partial charge in [0.25, 0.3) is 0 Å². The van der Waals surface area contributed by atoms with E-state index in [-0.39, 0.29) is 35.5 Å². The molecule has 29 heavy (non-hydrogen) atoms. The van der Waals surface area contributed by atoms with Gasteiger partial charge in [-0.3, -0.25) is 0 Å². The zero-order chi connectivity index (χ0) is 20.5. The maximum absolute atomic E-state index is 12.5. The molecule has 1 aromatic heterocycles. The molecular formula is C19H27F2IN4O2S. The number of alkyl halides is 2. The summed E-state index contributed by atoms with van der Waals surface area (Å²) in [7, 11) is 0. The third-order valence-electron chi connectivity index (χ3n) is 3.70. The van der Waals surface area contributed by atoms with E-state index in [1.54, 1.807) is 30.4 Å². The Kier molecular flexibility index (Phi) is 11.2. The number of aromatic nitrogens is 1. The molecule has 0 fully saturated rings. The average molecular weight is 540 g/mol. The van der Waals surface area contributed by atoms with Gasteiger partial charge in [-0.25, -0.2) is 9.98 Å². The minimum atomic E-state index is -2.90. The molecule has 0 spiro atoms. The highest BCUT2D eigenvalue weighted by Crippen LogP contribution is 2.30. The highest BCUT2D eigenvalue weighted by atomic mass is 127. The van der Waals surface area contributed by atoms with Gasteiger partial charge in [-0.05, 0) is 45.4 Å². The van der Waals surface area contributed by atoms with Gasteiger partial charge in [0.15, 0.2) is 17.5 Å². The van der Waals surface area contributed by atoms with Crippen LogP contribution >= 0.6 is 35.3 Å². The van der Waals surface area contributed by atoms with E-state index < -0.39 is 6.61 Å². The largest absolute Gasteiger partial charge is 0.490 e. The fraction of sp³-hybridized carbons (Fsp3) is 0.474. The first-order valence-electron chi connectivity index (χ1n) is 9.08. The predicted octanol–water partition coefficient (Wildman–Crippen LogP) is 4.63. The summed E-state index contributed by atoms with van der Waals surface area (Å²) in [5.41, 5.74) is 1.84. The highest BCUT2D eigenvalue weighted by molar-refractivity contribution is 14.0. The van der Waals surface area contributed by atoms with Gasteiger partial charge in [-0.1, -0.05) is 6.07 Å². The monoisotopic (exact) mass is 540 g/mol. The zero-order valence-electron chi connectivity index (χ0n) is 16.9. The molecule has 0 aliphatic carbocycles. The van der Waals surface area contributed by atoms with Crippen LogP contribution in [0.5, 0.6) is 11.5 Å². The number of aliphatic imine (C=N–C) groups is 1. The Balaban J connectivity index is 0.00000420. The number of nitrogens with one attached hydrogen (secondary N) is 2. The van der Waals surface area contributed by atoms with Crippen molar-refractivity contribution in [3.8, 4) is 11.5 Å². The van der Waals surface area contributed by atoms with Crippen molar-refractivity contribution in [1.29, 1.82) is 0 Å². The van der Waals surface area contributed by atoms with Gasteiger partial charge in [0, 0.05) is 11.4 Å². The number of ether oxygens (including phenoxy) is 2. The van der Waals surface area contributed by atoms with Crippen LogP contribution in [0.3, 0.4) is 0 Å². The van der Waals surface area contributed by atoms with Crippen molar-refractivity contribution in [2.75, 3.05) is 13.2 Å².